The van der Waals surface area contributed by atoms with Crippen LogP contribution in [-0.4, -0.2) is 55.7 Å². The number of carbonyl (C=O) groups is 1. The molecule has 6 heteroatoms. The highest BCUT2D eigenvalue weighted by molar-refractivity contribution is 6.23. The molecule has 0 spiro atoms. The lowest BCUT2D eigenvalue weighted by atomic mass is 10.0. The van der Waals surface area contributed by atoms with E-state index in [1.165, 1.54) is 11.4 Å². The molecule has 0 saturated heterocycles. The number of benzene rings is 2. The van der Waals surface area contributed by atoms with Crippen molar-refractivity contribution in [2.45, 2.75) is 53.6 Å². The summed E-state index contributed by atoms with van der Waals surface area (Å²) in [6.07, 6.45) is 3.50. The number of rotatable bonds is 10. The van der Waals surface area contributed by atoms with Crippen LogP contribution in [0.1, 0.15) is 41.5 Å². The zero-order chi connectivity index (χ0) is 26.4. The fourth-order valence-corrected chi connectivity index (χ4v) is 4.54. The number of nitrogens with one attached hydrogen (secondary N) is 1. The molecule has 2 aromatic rings. The van der Waals surface area contributed by atoms with Gasteiger partial charge in [0.2, 0.25) is 5.78 Å². The van der Waals surface area contributed by atoms with Gasteiger partial charge in [0.1, 0.15) is 0 Å². The topological polar surface area (TPSA) is 51.2 Å². The average molecular weight is 488 g/mol. The summed E-state index contributed by atoms with van der Waals surface area (Å²) in [6.45, 7) is 15.0. The minimum atomic E-state index is -0.0649. The van der Waals surface area contributed by atoms with Gasteiger partial charge in [0.15, 0.2) is 0 Å². The molecule has 0 amide bonds. The van der Waals surface area contributed by atoms with Gasteiger partial charge < -0.3 is 20.0 Å². The van der Waals surface area contributed by atoms with Crippen LogP contribution in [0.25, 0.3) is 0 Å². The van der Waals surface area contributed by atoms with Gasteiger partial charge in [0.25, 0.3) is 0 Å². The molecule has 36 heavy (non-hydrogen) atoms. The maximum atomic E-state index is 12.9. The molecule has 0 heterocycles. The number of ketones is 1. The average Bonchev–Trinajstić information content (AvgIpc) is 2.83. The number of nitrogens with zero attached hydrogens (tertiary/aromatic N) is 4. The molecule has 0 fully saturated rings. The smallest absolute Gasteiger partial charge is 0.204 e. The van der Waals surface area contributed by atoms with Crippen molar-refractivity contribution in [3.8, 4) is 0 Å². The third-order valence-corrected chi connectivity index (χ3v) is 6.40. The van der Waals surface area contributed by atoms with Gasteiger partial charge in [-0.1, -0.05) is 0 Å². The van der Waals surface area contributed by atoms with Crippen molar-refractivity contribution in [1.29, 1.82) is 0 Å². The van der Waals surface area contributed by atoms with Gasteiger partial charge in [-0.2, -0.15) is 0 Å². The molecule has 1 aliphatic carbocycles. The van der Waals surface area contributed by atoms with Crippen LogP contribution >= 0.6 is 0 Å². The second-order valence-electron chi connectivity index (χ2n) is 9.79. The number of carbonyl (C=O) groups excluding carboxylic acids is 1. The van der Waals surface area contributed by atoms with Crippen LogP contribution in [0.4, 0.5) is 22.7 Å². The SMILES string of the molecule is CCN(c1ccc(N=C2C=C(Nc3ccc(N(CC)C(C)C)cc3)C(=O)C=C2N(C)C)cc1)C(C)C. The van der Waals surface area contributed by atoms with Crippen molar-refractivity contribution in [2.24, 2.45) is 4.99 Å². The first-order chi connectivity index (χ1) is 17.1. The number of hydrogen-bond acceptors (Lipinski definition) is 6. The van der Waals surface area contributed by atoms with Crippen molar-refractivity contribution in [3.63, 3.8) is 0 Å². The van der Waals surface area contributed by atoms with Crippen LogP contribution in [0.3, 0.4) is 0 Å². The summed E-state index contributed by atoms with van der Waals surface area (Å²) in [4.78, 5) is 24.4. The summed E-state index contributed by atoms with van der Waals surface area (Å²) < 4.78 is 0. The first kappa shape index (κ1) is 27.1. The summed E-state index contributed by atoms with van der Waals surface area (Å²) in [7, 11) is 3.86. The van der Waals surface area contributed by atoms with Crippen LogP contribution in [0.5, 0.6) is 0 Å². The summed E-state index contributed by atoms with van der Waals surface area (Å²) in [6, 6.07) is 17.4. The van der Waals surface area contributed by atoms with E-state index in [0.29, 0.717) is 17.8 Å². The van der Waals surface area contributed by atoms with E-state index in [9.17, 15) is 4.79 Å². The largest absolute Gasteiger partial charge is 0.376 e. The van der Waals surface area contributed by atoms with E-state index in [-0.39, 0.29) is 5.78 Å². The highest BCUT2D eigenvalue weighted by Gasteiger charge is 2.21. The molecular weight excluding hydrogens is 446 g/mol. The van der Waals surface area contributed by atoms with Crippen LogP contribution in [0.15, 0.2) is 77.1 Å². The Kier molecular flexibility index (Phi) is 8.97. The molecule has 0 aromatic heterocycles. The van der Waals surface area contributed by atoms with Gasteiger partial charge >= 0.3 is 0 Å². The Morgan fingerprint density at radius 3 is 1.72 bits per heavy atom. The Bertz CT molecular complexity index is 1120. The lowest BCUT2D eigenvalue weighted by Crippen LogP contribution is -2.30. The standard InChI is InChI=1S/C30H41N5O/c1-9-34(21(3)4)25-15-11-23(12-16-25)31-27-19-28(30(36)20-29(27)33(7)8)32-24-13-17-26(18-14-24)35(10-2)22(5)6/h11-22,32H,9-10H2,1-8H3. The normalized spacial score (nSPS) is 14.7. The van der Waals surface area contributed by atoms with E-state index < -0.39 is 0 Å². The fourth-order valence-electron chi connectivity index (χ4n) is 4.54. The Labute approximate surface area is 217 Å². The molecular formula is C30H41N5O. The van der Waals surface area contributed by atoms with Gasteiger partial charge in [-0.15, -0.1) is 0 Å². The minimum Gasteiger partial charge on any atom is -0.376 e. The maximum Gasteiger partial charge on any atom is 0.204 e. The Hall–Kier alpha value is -3.54. The molecule has 3 rings (SSSR count). The first-order valence-electron chi connectivity index (χ1n) is 12.9. The Balaban J connectivity index is 1.88. The maximum absolute atomic E-state index is 12.9. The predicted octanol–water partition coefficient (Wildman–Crippen LogP) is 6.25. The summed E-state index contributed by atoms with van der Waals surface area (Å²) in [5.74, 6) is -0.0649. The molecule has 0 bridgehead atoms. The molecule has 0 unspecified atom stereocenters. The van der Waals surface area contributed by atoms with Gasteiger partial charge in [-0.3, -0.25) is 4.79 Å². The molecule has 2 aromatic carbocycles. The molecule has 0 aliphatic heterocycles. The van der Waals surface area contributed by atoms with Gasteiger partial charge in [0.05, 0.1) is 22.8 Å². The molecule has 1 aliphatic rings. The van der Waals surface area contributed by atoms with E-state index >= 15 is 0 Å². The van der Waals surface area contributed by atoms with E-state index in [4.69, 9.17) is 4.99 Å². The quantitative estimate of drug-likeness (QED) is 0.401. The number of anilines is 3. The molecule has 0 saturated carbocycles. The van der Waals surface area contributed by atoms with E-state index in [1.807, 2.05) is 49.3 Å². The third kappa shape index (κ3) is 6.36. The van der Waals surface area contributed by atoms with Crippen molar-refractivity contribution in [3.05, 3.63) is 72.1 Å². The zero-order valence-electron chi connectivity index (χ0n) is 23.0. The Morgan fingerprint density at radius 1 is 0.778 bits per heavy atom. The zero-order valence-corrected chi connectivity index (χ0v) is 23.0. The van der Waals surface area contributed by atoms with E-state index in [1.54, 1.807) is 6.08 Å². The van der Waals surface area contributed by atoms with Crippen LogP contribution in [-0.2, 0) is 4.79 Å². The first-order valence-corrected chi connectivity index (χ1v) is 12.9. The summed E-state index contributed by atoms with van der Waals surface area (Å²) >= 11 is 0. The second-order valence-corrected chi connectivity index (χ2v) is 9.79. The molecule has 6 nitrogen and oxygen atoms in total. The van der Waals surface area contributed by atoms with E-state index in [2.05, 4.69) is 80.9 Å². The lowest BCUT2D eigenvalue weighted by molar-refractivity contribution is -0.111. The highest BCUT2D eigenvalue weighted by Crippen LogP contribution is 2.26. The van der Waals surface area contributed by atoms with Crippen molar-refractivity contribution < 1.29 is 4.79 Å². The van der Waals surface area contributed by atoms with E-state index in [0.717, 1.165) is 35.9 Å². The molecule has 0 atom stereocenters. The molecule has 192 valence electrons. The molecule has 0 radical (unpaired) electrons. The second kappa shape index (κ2) is 11.9. The summed E-state index contributed by atoms with van der Waals surface area (Å²) in [5, 5.41) is 3.31. The van der Waals surface area contributed by atoms with Gasteiger partial charge in [-0.05, 0) is 96.1 Å². The van der Waals surface area contributed by atoms with Gasteiger partial charge in [-0.25, -0.2) is 4.99 Å². The number of allylic oxidation sites excluding steroid dienone is 2. The van der Waals surface area contributed by atoms with Crippen LogP contribution in [0, 0.1) is 0 Å². The Morgan fingerprint density at radius 2 is 1.28 bits per heavy atom. The van der Waals surface area contributed by atoms with Crippen LogP contribution in [0.2, 0.25) is 0 Å². The highest BCUT2D eigenvalue weighted by atomic mass is 16.1. The number of aliphatic imine (C=N–C) groups is 1. The number of hydrogen-bond donors (Lipinski definition) is 1. The van der Waals surface area contributed by atoms with Crippen LogP contribution < -0.4 is 15.1 Å². The minimum absolute atomic E-state index is 0.0649. The van der Waals surface area contributed by atoms with Crippen molar-refractivity contribution in [2.75, 3.05) is 42.3 Å². The monoisotopic (exact) mass is 487 g/mol. The fraction of sp³-hybridized carbons (Fsp3) is 0.400. The molecule has 1 N–H and O–H groups in total. The van der Waals surface area contributed by atoms with Crippen molar-refractivity contribution >= 4 is 34.2 Å². The third-order valence-electron chi connectivity index (χ3n) is 6.40. The van der Waals surface area contributed by atoms with Crippen molar-refractivity contribution in [1.82, 2.24) is 4.90 Å². The predicted molar refractivity (Wildman–Crippen MR) is 155 cm³/mol. The van der Waals surface area contributed by atoms with Gasteiger partial charge in [0, 0.05) is 62.4 Å². The lowest BCUT2D eigenvalue weighted by Gasteiger charge is -2.28. The summed E-state index contributed by atoms with van der Waals surface area (Å²) in [5.41, 5.74) is 6.12.